The second kappa shape index (κ2) is 15.6. The summed E-state index contributed by atoms with van der Waals surface area (Å²) in [4.78, 5) is 24.9. The lowest BCUT2D eigenvalue weighted by atomic mass is 9.96. The zero-order valence-corrected chi connectivity index (χ0v) is 29.6. The molecule has 0 bridgehead atoms. The number of carbonyl (C=O) groups excluding carboxylic acids is 2. The number of halogens is 3. The van der Waals surface area contributed by atoms with Crippen molar-refractivity contribution < 1.29 is 27.8 Å². The maximum Gasteiger partial charge on any atom is 0.340 e. The van der Waals surface area contributed by atoms with Crippen LogP contribution in [0.15, 0.2) is 102 Å². The Hall–Kier alpha value is -4.50. The highest BCUT2D eigenvalue weighted by atomic mass is 79.9. The molecule has 1 aliphatic carbocycles. The van der Waals surface area contributed by atoms with E-state index >= 15 is 0 Å². The van der Waals surface area contributed by atoms with Crippen LogP contribution in [0.5, 0.6) is 0 Å². The third-order valence-corrected chi connectivity index (χ3v) is 7.44. The Bertz CT molecular complexity index is 1760. The van der Waals surface area contributed by atoms with E-state index in [9.17, 15) is 18.4 Å². The van der Waals surface area contributed by atoms with Crippen molar-refractivity contribution in [3.05, 3.63) is 130 Å². The van der Waals surface area contributed by atoms with Crippen LogP contribution in [0, 0.1) is 11.6 Å². The normalized spacial score (nSPS) is 14.1. The molecule has 2 N–H and O–H groups in total. The Morgan fingerprint density at radius 3 is 1.58 bits per heavy atom. The number of ether oxygens (including phenoxy) is 2. The molecule has 252 valence electrons. The van der Waals surface area contributed by atoms with E-state index in [2.05, 4.69) is 38.7 Å². The van der Waals surface area contributed by atoms with E-state index in [-0.39, 0.29) is 17.6 Å². The van der Waals surface area contributed by atoms with Gasteiger partial charge in [0.25, 0.3) is 0 Å². The van der Waals surface area contributed by atoms with E-state index in [0.29, 0.717) is 34.1 Å². The summed E-state index contributed by atoms with van der Waals surface area (Å²) in [7, 11) is 0. The average Bonchev–Trinajstić information content (AvgIpc) is 3.53. The Kier molecular flexibility index (Phi) is 11.8. The average molecular weight is 720 g/mol. The number of nitrogens with one attached hydrogen (secondary N) is 2. The molecular formula is C39H41BrF2N2O4. The summed E-state index contributed by atoms with van der Waals surface area (Å²) < 4.78 is 37.9. The third kappa shape index (κ3) is 11.0. The number of hydrogen-bond donors (Lipinski definition) is 2. The molecule has 0 saturated heterocycles. The molecule has 9 heteroatoms. The quantitative estimate of drug-likeness (QED) is 0.146. The fraction of sp³-hybridized carbons (Fsp3) is 0.282. The number of rotatable bonds is 7. The lowest BCUT2D eigenvalue weighted by molar-refractivity contribution is 0.00580. The van der Waals surface area contributed by atoms with Crippen LogP contribution in [-0.4, -0.2) is 23.1 Å². The number of esters is 2. The summed E-state index contributed by atoms with van der Waals surface area (Å²) in [5, 5.41) is 6.35. The SMILES string of the molecule is CC(C)(C)OC(=O)c1ccc(Br)cc1Nc1ccc(F)cc1.CC(C)(C)OC(=O)c1ccc(C2C=CCC2)cc1Nc1ccc(F)cc1. The van der Waals surface area contributed by atoms with Gasteiger partial charge in [0.2, 0.25) is 0 Å². The lowest BCUT2D eigenvalue weighted by Crippen LogP contribution is -2.24. The summed E-state index contributed by atoms with van der Waals surface area (Å²) in [6.45, 7) is 11.0. The minimum Gasteiger partial charge on any atom is -0.456 e. The van der Waals surface area contributed by atoms with Crippen LogP contribution in [0.3, 0.4) is 0 Å². The van der Waals surface area contributed by atoms with Crippen LogP contribution in [0.25, 0.3) is 0 Å². The van der Waals surface area contributed by atoms with Crippen LogP contribution in [-0.2, 0) is 9.47 Å². The Morgan fingerprint density at radius 1 is 0.688 bits per heavy atom. The topological polar surface area (TPSA) is 76.7 Å². The maximum absolute atomic E-state index is 13.2. The van der Waals surface area contributed by atoms with E-state index in [0.717, 1.165) is 28.6 Å². The molecule has 0 heterocycles. The summed E-state index contributed by atoms with van der Waals surface area (Å²) in [6, 6.07) is 23.0. The largest absolute Gasteiger partial charge is 0.456 e. The van der Waals surface area contributed by atoms with Crippen molar-refractivity contribution in [1.82, 2.24) is 0 Å². The molecule has 5 rings (SSSR count). The van der Waals surface area contributed by atoms with Gasteiger partial charge in [-0.25, -0.2) is 18.4 Å². The summed E-state index contributed by atoms with van der Waals surface area (Å²) >= 11 is 3.38. The first-order valence-corrected chi connectivity index (χ1v) is 16.5. The molecule has 4 aromatic rings. The van der Waals surface area contributed by atoms with Gasteiger partial charge in [-0.15, -0.1) is 0 Å². The van der Waals surface area contributed by atoms with Gasteiger partial charge in [0.15, 0.2) is 0 Å². The standard InChI is InChI=1S/C22H24FNO2.C17H17BrFNO2/c1-22(2,3)26-21(25)19-13-8-16(15-6-4-5-7-15)14-20(19)24-18-11-9-17(23)10-12-18;1-17(2,3)22-16(21)14-9-4-11(18)10-15(14)20-13-7-5-12(19)6-8-13/h4,6,8-15,24H,5,7H2,1-3H3;4-10,20H,1-3H3. The Balaban J connectivity index is 0.000000220. The van der Waals surface area contributed by atoms with Crippen LogP contribution in [0.2, 0.25) is 0 Å². The van der Waals surface area contributed by atoms with E-state index in [4.69, 9.17) is 9.47 Å². The fourth-order valence-electron chi connectivity index (χ4n) is 4.83. The summed E-state index contributed by atoms with van der Waals surface area (Å²) in [5.41, 5.74) is 3.56. The van der Waals surface area contributed by atoms with Gasteiger partial charge in [-0.1, -0.05) is 34.1 Å². The molecule has 0 aromatic heterocycles. The van der Waals surface area contributed by atoms with Gasteiger partial charge in [0, 0.05) is 21.8 Å². The molecule has 0 radical (unpaired) electrons. The Labute approximate surface area is 289 Å². The molecule has 1 unspecified atom stereocenters. The fourth-order valence-corrected chi connectivity index (χ4v) is 5.19. The molecule has 0 spiro atoms. The van der Waals surface area contributed by atoms with Crippen molar-refractivity contribution in [1.29, 1.82) is 0 Å². The van der Waals surface area contributed by atoms with Gasteiger partial charge < -0.3 is 20.1 Å². The third-order valence-electron chi connectivity index (χ3n) is 6.95. The van der Waals surface area contributed by atoms with E-state index in [1.54, 1.807) is 48.5 Å². The highest BCUT2D eigenvalue weighted by Crippen LogP contribution is 2.33. The van der Waals surface area contributed by atoms with Crippen LogP contribution in [0.4, 0.5) is 31.5 Å². The van der Waals surface area contributed by atoms with Crippen LogP contribution >= 0.6 is 15.9 Å². The first-order chi connectivity index (χ1) is 22.6. The predicted molar refractivity (Wildman–Crippen MR) is 191 cm³/mol. The van der Waals surface area contributed by atoms with Crippen molar-refractivity contribution >= 4 is 50.6 Å². The predicted octanol–water partition coefficient (Wildman–Crippen LogP) is 11.2. The number of anilines is 4. The van der Waals surface area contributed by atoms with Crippen molar-refractivity contribution in [3.8, 4) is 0 Å². The van der Waals surface area contributed by atoms with Gasteiger partial charge in [0.1, 0.15) is 22.8 Å². The second-order valence-electron chi connectivity index (χ2n) is 13.4. The zero-order valence-electron chi connectivity index (χ0n) is 28.0. The second-order valence-corrected chi connectivity index (χ2v) is 14.3. The van der Waals surface area contributed by atoms with Gasteiger partial charge in [0.05, 0.1) is 22.5 Å². The first kappa shape index (κ1) is 36.3. The first-order valence-electron chi connectivity index (χ1n) is 15.7. The molecule has 0 amide bonds. The molecule has 0 saturated carbocycles. The monoisotopic (exact) mass is 718 g/mol. The number of carbonyl (C=O) groups is 2. The molecule has 1 atom stereocenters. The van der Waals surface area contributed by atoms with Crippen molar-refractivity contribution in [2.45, 2.75) is 71.5 Å². The van der Waals surface area contributed by atoms with Gasteiger partial charge in [-0.05, 0) is 139 Å². The van der Waals surface area contributed by atoms with Crippen LogP contribution in [0.1, 0.15) is 86.6 Å². The maximum atomic E-state index is 13.2. The van der Waals surface area contributed by atoms with Crippen molar-refractivity contribution in [2.75, 3.05) is 10.6 Å². The van der Waals surface area contributed by atoms with Gasteiger partial charge >= 0.3 is 11.9 Å². The molecule has 0 aliphatic heterocycles. The minimum atomic E-state index is -0.572. The van der Waals surface area contributed by atoms with Gasteiger partial charge in [-0.2, -0.15) is 0 Å². The molecular weight excluding hydrogens is 678 g/mol. The van der Waals surface area contributed by atoms with E-state index < -0.39 is 17.2 Å². The molecule has 48 heavy (non-hydrogen) atoms. The highest BCUT2D eigenvalue weighted by Gasteiger charge is 2.23. The van der Waals surface area contributed by atoms with Crippen molar-refractivity contribution in [2.24, 2.45) is 0 Å². The number of hydrogen-bond acceptors (Lipinski definition) is 6. The van der Waals surface area contributed by atoms with Crippen molar-refractivity contribution in [3.63, 3.8) is 0 Å². The number of benzene rings is 4. The Morgan fingerprint density at radius 2 is 1.15 bits per heavy atom. The minimum absolute atomic E-state index is 0.298. The molecule has 1 aliphatic rings. The zero-order chi connectivity index (χ0) is 35.1. The molecule has 6 nitrogen and oxygen atoms in total. The highest BCUT2D eigenvalue weighted by molar-refractivity contribution is 9.10. The summed E-state index contributed by atoms with van der Waals surface area (Å²) in [5.74, 6) is -1.04. The number of allylic oxidation sites excluding steroid dienone is 2. The molecule has 4 aromatic carbocycles. The molecule has 0 fully saturated rings. The lowest BCUT2D eigenvalue weighted by Gasteiger charge is -2.21. The van der Waals surface area contributed by atoms with Gasteiger partial charge in [-0.3, -0.25) is 0 Å². The smallest absolute Gasteiger partial charge is 0.340 e. The van der Waals surface area contributed by atoms with E-state index in [1.165, 1.54) is 24.3 Å². The van der Waals surface area contributed by atoms with E-state index in [1.807, 2.05) is 53.7 Å². The van der Waals surface area contributed by atoms with Crippen LogP contribution < -0.4 is 10.6 Å². The summed E-state index contributed by atoms with van der Waals surface area (Å²) in [6.07, 6.45) is 6.52.